The van der Waals surface area contributed by atoms with Crippen molar-refractivity contribution in [1.82, 2.24) is 10.1 Å². The molecule has 0 spiro atoms. The van der Waals surface area contributed by atoms with Gasteiger partial charge in [-0.1, -0.05) is 17.3 Å². The molecule has 0 aliphatic carbocycles. The molecule has 5 nitrogen and oxygen atoms in total. The van der Waals surface area contributed by atoms with Crippen LogP contribution >= 0.6 is 11.3 Å². The minimum absolute atomic E-state index is 0.0666. The van der Waals surface area contributed by atoms with Crippen molar-refractivity contribution in [3.63, 3.8) is 0 Å². The van der Waals surface area contributed by atoms with E-state index in [0.29, 0.717) is 30.4 Å². The number of carbonyl (C=O) groups is 1. The van der Waals surface area contributed by atoms with Crippen LogP contribution in [0.4, 0.5) is 10.1 Å². The highest BCUT2D eigenvalue weighted by atomic mass is 32.1. The Morgan fingerprint density at radius 1 is 1.30 bits per heavy atom. The molecule has 0 radical (unpaired) electrons. The summed E-state index contributed by atoms with van der Waals surface area (Å²) in [5.74, 6) is 0.400. The van der Waals surface area contributed by atoms with E-state index in [1.807, 2.05) is 17.5 Å². The SMILES string of the molecule is O=C1CC(c2noc(-c3cccs3)n2)CN1c1cccc(F)c1. The minimum Gasteiger partial charge on any atom is -0.333 e. The Morgan fingerprint density at radius 2 is 2.22 bits per heavy atom. The highest BCUT2D eigenvalue weighted by Crippen LogP contribution is 2.32. The number of hydrogen-bond donors (Lipinski definition) is 0. The monoisotopic (exact) mass is 329 g/mol. The smallest absolute Gasteiger partial charge is 0.267 e. The van der Waals surface area contributed by atoms with Gasteiger partial charge in [-0.2, -0.15) is 4.98 Å². The zero-order valence-electron chi connectivity index (χ0n) is 12.0. The molecule has 1 aliphatic rings. The van der Waals surface area contributed by atoms with Gasteiger partial charge in [0.1, 0.15) is 5.82 Å². The van der Waals surface area contributed by atoms with E-state index in [1.165, 1.54) is 23.5 Å². The van der Waals surface area contributed by atoms with E-state index in [-0.39, 0.29) is 17.6 Å². The summed E-state index contributed by atoms with van der Waals surface area (Å²) >= 11 is 1.52. The maximum atomic E-state index is 13.4. The van der Waals surface area contributed by atoms with Gasteiger partial charge < -0.3 is 9.42 Å². The second-order valence-corrected chi connectivity index (χ2v) is 6.27. The van der Waals surface area contributed by atoms with Crippen LogP contribution in [0.25, 0.3) is 10.8 Å². The topological polar surface area (TPSA) is 59.2 Å². The molecule has 3 aromatic rings. The van der Waals surface area contributed by atoms with Crippen LogP contribution in [0.2, 0.25) is 0 Å². The third-order valence-corrected chi connectivity index (χ3v) is 4.64. The lowest BCUT2D eigenvalue weighted by Crippen LogP contribution is -2.24. The molecule has 1 amide bonds. The van der Waals surface area contributed by atoms with Crippen molar-refractivity contribution in [3.05, 3.63) is 53.4 Å². The van der Waals surface area contributed by atoms with Gasteiger partial charge in [0.05, 0.1) is 4.88 Å². The Kier molecular flexibility index (Phi) is 3.42. The average molecular weight is 329 g/mol. The normalized spacial score (nSPS) is 17.9. The highest BCUT2D eigenvalue weighted by molar-refractivity contribution is 7.13. The van der Waals surface area contributed by atoms with Crippen molar-refractivity contribution in [2.45, 2.75) is 12.3 Å². The Labute approximate surface area is 135 Å². The number of thiophene rings is 1. The maximum Gasteiger partial charge on any atom is 0.267 e. The number of halogens is 1. The molecule has 3 heterocycles. The Balaban J connectivity index is 1.57. The molecule has 0 saturated carbocycles. The second-order valence-electron chi connectivity index (χ2n) is 5.32. The van der Waals surface area contributed by atoms with Gasteiger partial charge in [0.2, 0.25) is 5.91 Å². The van der Waals surface area contributed by atoms with Gasteiger partial charge in [-0.05, 0) is 29.6 Å². The Hall–Kier alpha value is -2.54. The van der Waals surface area contributed by atoms with Gasteiger partial charge in [-0.15, -0.1) is 11.3 Å². The summed E-state index contributed by atoms with van der Waals surface area (Å²) in [7, 11) is 0. The van der Waals surface area contributed by atoms with Crippen LogP contribution in [0.1, 0.15) is 18.2 Å². The van der Waals surface area contributed by atoms with Gasteiger partial charge in [0.25, 0.3) is 5.89 Å². The second kappa shape index (κ2) is 5.58. The average Bonchev–Trinajstić information content (AvgIpc) is 3.27. The molecule has 1 aromatic carbocycles. The number of rotatable bonds is 3. The van der Waals surface area contributed by atoms with Crippen LogP contribution in [0.15, 0.2) is 46.3 Å². The molecule has 7 heteroatoms. The predicted molar refractivity (Wildman–Crippen MR) is 83.7 cm³/mol. The molecule has 1 aliphatic heterocycles. The zero-order valence-corrected chi connectivity index (χ0v) is 12.8. The Bertz CT molecular complexity index is 847. The van der Waals surface area contributed by atoms with Crippen molar-refractivity contribution in [2.24, 2.45) is 0 Å². The van der Waals surface area contributed by atoms with Gasteiger partial charge in [0, 0.05) is 24.6 Å². The number of amides is 1. The summed E-state index contributed by atoms with van der Waals surface area (Å²) in [6.07, 6.45) is 0.292. The first-order chi connectivity index (χ1) is 11.2. The summed E-state index contributed by atoms with van der Waals surface area (Å²) in [5.41, 5.74) is 0.555. The molecule has 1 fully saturated rings. The fourth-order valence-corrected chi connectivity index (χ4v) is 3.32. The first kappa shape index (κ1) is 14.1. The zero-order chi connectivity index (χ0) is 15.8. The van der Waals surface area contributed by atoms with Crippen LogP contribution in [-0.2, 0) is 4.79 Å². The predicted octanol–water partition coefficient (Wildman–Crippen LogP) is 3.46. The van der Waals surface area contributed by atoms with Crippen molar-refractivity contribution in [3.8, 4) is 10.8 Å². The molecule has 23 heavy (non-hydrogen) atoms. The summed E-state index contributed by atoms with van der Waals surface area (Å²) in [4.78, 5) is 19.1. The molecule has 116 valence electrons. The molecule has 4 rings (SSSR count). The van der Waals surface area contributed by atoms with Crippen molar-refractivity contribution < 1.29 is 13.7 Å². The summed E-state index contributed by atoms with van der Waals surface area (Å²) in [6, 6.07) is 9.84. The first-order valence-electron chi connectivity index (χ1n) is 7.14. The van der Waals surface area contributed by atoms with Crippen LogP contribution < -0.4 is 4.90 Å². The van der Waals surface area contributed by atoms with Gasteiger partial charge in [-0.25, -0.2) is 4.39 Å². The number of aromatic nitrogens is 2. The minimum atomic E-state index is -0.363. The molecular weight excluding hydrogens is 317 g/mol. The molecule has 1 saturated heterocycles. The van der Waals surface area contributed by atoms with Crippen LogP contribution in [0.5, 0.6) is 0 Å². The molecule has 0 N–H and O–H groups in total. The van der Waals surface area contributed by atoms with E-state index >= 15 is 0 Å². The standard InChI is InChI=1S/C16H12FN3O2S/c17-11-3-1-4-12(8-11)20-9-10(7-14(20)21)15-18-16(22-19-15)13-5-2-6-23-13/h1-6,8,10H,7,9H2. The Morgan fingerprint density at radius 3 is 3.00 bits per heavy atom. The van der Waals surface area contributed by atoms with Crippen molar-refractivity contribution in [1.29, 1.82) is 0 Å². The molecule has 2 aromatic heterocycles. The number of hydrogen-bond acceptors (Lipinski definition) is 5. The third-order valence-electron chi connectivity index (χ3n) is 3.78. The highest BCUT2D eigenvalue weighted by Gasteiger charge is 2.34. The fourth-order valence-electron chi connectivity index (χ4n) is 2.68. The fraction of sp³-hybridized carbons (Fsp3) is 0.188. The summed E-state index contributed by atoms with van der Waals surface area (Å²) < 4.78 is 18.6. The summed E-state index contributed by atoms with van der Waals surface area (Å²) in [5, 5.41) is 5.94. The summed E-state index contributed by atoms with van der Waals surface area (Å²) in [6.45, 7) is 0.422. The lowest BCUT2D eigenvalue weighted by molar-refractivity contribution is -0.117. The molecule has 1 atom stereocenters. The van der Waals surface area contributed by atoms with Crippen LogP contribution in [0, 0.1) is 5.82 Å². The molecule has 1 unspecified atom stereocenters. The van der Waals surface area contributed by atoms with Crippen LogP contribution in [-0.4, -0.2) is 22.6 Å². The number of benzene rings is 1. The van der Waals surface area contributed by atoms with E-state index in [1.54, 1.807) is 17.0 Å². The number of nitrogens with zero attached hydrogens (tertiary/aromatic N) is 3. The van der Waals surface area contributed by atoms with Crippen molar-refractivity contribution in [2.75, 3.05) is 11.4 Å². The molecule has 0 bridgehead atoms. The van der Waals surface area contributed by atoms with Crippen LogP contribution in [0.3, 0.4) is 0 Å². The third kappa shape index (κ3) is 2.63. The van der Waals surface area contributed by atoms with Gasteiger partial charge in [0.15, 0.2) is 5.82 Å². The van der Waals surface area contributed by atoms with E-state index in [2.05, 4.69) is 10.1 Å². The quantitative estimate of drug-likeness (QED) is 0.738. The van der Waals surface area contributed by atoms with Gasteiger partial charge >= 0.3 is 0 Å². The van der Waals surface area contributed by atoms with E-state index < -0.39 is 0 Å². The number of carbonyl (C=O) groups excluding carboxylic acids is 1. The lowest BCUT2D eigenvalue weighted by Gasteiger charge is -2.15. The first-order valence-corrected chi connectivity index (χ1v) is 8.02. The van der Waals surface area contributed by atoms with E-state index in [4.69, 9.17) is 4.52 Å². The van der Waals surface area contributed by atoms with E-state index in [9.17, 15) is 9.18 Å². The van der Waals surface area contributed by atoms with E-state index in [0.717, 1.165) is 4.88 Å². The largest absolute Gasteiger partial charge is 0.333 e. The number of anilines is 1. The lowest BCUT2D eigenvalue weighted by atomic mass is 10.1. The maximum absolute atomic E-state index is 13.4. The van der Waals surface area contributed by atoms with Crippen molar-refractivity contribution >= 4 is 22.9 Å². The van der Waals surface area contributed by atoms with Gasteiger partial charge in [-0.3, -0.25) is 4.79 Å². The molecular formula is C16H12FN3O2S.